The standard InChI is InChI=1S/C16H22Cl2N2O2/c1-4-5-9-19(3)16(22)8-10-20(12(2)21)15-11-13(17)6-7-14(15)18/h6-7,11H,4-5,8-10H2,1-3H3. The van der Waals surface area contributed by atoms with E-state index in [0.717, 1.165) is 19.4 Å². The Morgan fingerprint density at radius 1 is 1.18 bits per heavy atom. The predicted octanol–water partition coefficient (Wildman–Crippen LogP) is 3.99. The highest BCUT2D eigenvalue weighted by molar-refractivity contribution is 6.35. The fraction of sp³-hybridized carbons (Fsp3) is 0.500. The molecule has 0 atom stereocenters. The van der Waals surface area contributed by atoms with Gasteiger partial charge in [0.25, 0.3) is 0 Å². The van der Waals surface area contributed by atoms with Crippen LogP contribution < -0.4 is 4.90 Å². The SMILES string of the molecule is CCCCN(C)C(=O)CCN(C(C)=O)c1cc(Cl)ccc1Cl. The monoisotopic (exact) mass is 344 g/mol. The van der Waals surface area contributed by atoms with E-state index in [9.17, 15) is 9.59 Å². The fourth-order valence-corrected chi connectivity index (χ4v) is 2.44. The first kappa shape index (κ1) is 18.8. The highest BCUT2D eigenvalue weighted by Gasteiger charge is 2.18. The molecule has 0 aliphatic carbocycles. The number of unbranched alkanes of at least 4 members (excludes halogenated alkanes) is 1. The van der Waals surface area contributed by atoms with Crippen molar-refractivity contribution in [3.8, 4) is 0 Å². The summed E-state index contributed by atoms with van der Waals surface area (Å²) in [6, 6.07) is 4.94. The lowest BCUT2D eigenvalue weighted by Crippen LogP contribution is -2.35. The minimum absolute atomic E-state index is 0.0119. The summed E-state index contributed by atoms with van der Waals surface area (Å²) in [4.78, 5) is 27.1. The molecule has 0 aliphatic heterocycles. The van der Waals surface area contributed by atoms with Gasteiger partial charge in [-0.15, -0.1) is 0 Å². The highest BCUT2D eigenvalue weighted by Crippen LogP contribution is 2.29. The zero-order chi connectivity index (χ0) is 16.7. The van der Waals surface area contributed by atoms with Crippen LogP contribution in [0.3, 0.4) is 0 Å². The molecule has 0 unspecified atom stereocenters. The van der Waals surface area contributed by atoms with Crippen molar-refractivity contribution in [3.05, 3.63) is 28.2 Å². The first-order valence-electron chi connectivity index (χ1n) is 7.34. The minimum Gasteiger partial charge on any atom is -0.346 e. The Balaban J connectivity index is 2.75. The molecule has 2 amide bonds. The average Bonchev–Trinajstić information content (AvgIpc) is 2.47. The molecule has 1 rings (SSSR count). The zero-order valence-corrected chi connectivity index (χ0v) is 14.7. The van der Waals surface area contributed by atoms with Crippen LogP contribution in [0.4, 0.5) is 5.69 Å². The Bertz CT molecular complexity index is 535. The Hall–Kier alpha value is -1.26. The van der Waals surface area contributed by atoms with Crippen LogP contribution in [-0.2, 0) is 9.59 Å². The number of hydrogen-bond acceptors (Lipinski definition) is 2. The first-order valence-corrected chi connectivity index (χ1v) is 8.09. The molecule has 4 nitrogen and oxygen atoms in total. The molecule has 0 N–H and O–H groups in total. The summed E-state index contributed by atoms with van der Waals surface area (Å²) in [5, 5.41) is 0.934. The van der Waals surface area contributed by atoms with Crippen molar-refractivity contribution >= 4 is 40.7 Å². The number of hydrogen-bond donors (Lipinski definition) is 0. The Morgan fingerprint density at radius 3 is 2.45 bits per heavy atom. The number of nitrogens with zero attached hydrogens (tertiary/aromatic N) is 2. The lowest BCUT2D eigenvalue weighted by atomic mass is 10.2. The third-order valence-electron chi connectivity index (χ3n) is 3.40. The number of carbonyl (C=O) groups is 2. The van der Waals surface area contributed by atoms with Gasteiger partial charge in [0.1, 0.15) is 0 Å². The molecule has 0 aromatic heterocycles. The molecule has 0 saturated heterocycles. The van der Waals surface area contributed by atoms with Gasteiger partial charge in [-0.25, -0.2) is 0 Å². The van der Waals surface area contributed by atoms with Gasteiger partial charge in [0, 0.05) is 38.5 Å². The normalized spacial score (nSPS) is 10.4. The quantitative estimate of drug-likeness (QED) is 0.750. The van der Waals surface area contributed by atoms with E-state index in [-0.39, 0.29) is 24.8 Å². The molecule has 1 aromatic carbocycles. The van der Waals surface area contributed by atoms with E-state index in [1.54, 1.807) is 30.1 Å². The molecular weight excluding hydrogens is 323 g/mol. The second-order valence-electron chi connectivity index (χ2n) is 5.19. The largest absolute Gasteiger partial charge is 0.346 e. The number of carbonyl (C=O) groups excluding carboxylic acids is 2. The summed E-state index contributed by atoms with van der Waals surface area (Å²) in [7, 11) is 1.78. The second kappa shape index (κ2) is 9.01. The summed E-state index contributed by atoms with van der Waals surface area (Å²) in [6.07, 6.45) is 2.26. The van der Waals surface area contributed by atoms with Gasteiger partial charge in [-0.05, 0) is 24.6 Å². The third-order valence-corrected chi connectivity index (χ3v) is 3.96. The molecule has 0 aliphatic rings. The van der Waals surface area contributed by atoms with Gasteiger partial charge in [0.15, 0.2) is 0 Å². The molecule has 0 saturated carbocycles. The van der Waals surface area contributed by atoms with Gasteiger partial charge in [-0.2, -0.15) is 0 Å². The van der Waals surface area contributed by atoms with Gasteiger partial charge in [0.05, 0.1) is 10.7 Å². The van der Waals surface area contributed by atoms with Gasteiger partial charge < -0.3 is 9.80 Å². The molecule has 22 heavy (non-hydrogen) atoms. The van der Waals surface area contributed by atoms with Crippen LogP contribution in [0.25, 0.3) is 0 Å². The van der Waals surface area contributed by atoms with E-state index in [1.165, 1.54) is 11.8 Å². The molecule has 0 bridgehead atoms. The molecule has 0 fully saturated rings. The van der Waals surface area contributed by atoms with Crippen molar-refractivity contribution in [3.63, 3.8) is 0 Å². The molecular formula is C16H22Cl2N2O2. The molecule has 122 valence electrons. The van der Waals surface area contributed by atoms with E-state index in [0.29, 0.717) is 15.7 Å². The van der Waals surface area contributed by atoms with Crippen LogP contribution in [0.2, 0.25) is 10.0 Å². The molecule has 0 radical (unpaired) electrons. The number of rotatable bonds is 7. The third kappa shape index (κ3) is 5.50. The van der Waals surface area contributed by atoms with Crippen molar-refractivity contribution < 1.29 is 9.59 Å². The van der Waals surface area contributed by atoms with Gasteiger partial charge in [-0.3, -0.25) is 9.59 Å². The number of halogens is 2. The van der Waals surface area contributed by atoms with E-state index in [1.807, 2.05) is 0 Å². The first-order chi connectivity index (χ1) is 10.4. The maximum absolute atomic E-state index is 12.1. The van der Waals surface area contributed by atoms with Gasteiger partial charge in [0.2, 0.25) is 11.8 Å². The molecule has 0 spiro atoms. The second-order valence-corrected chi connectivity index (χ2v) is 6.03. The van der Waals surface area contributed by atoms with E-state index in [2.05, 4.69) is 6.92 Å². The van der Waals surface area contributed by atoms with Gasteiger partial charge >= 0.3 is 0 Å². The highest BCUT2D eigenvalue weighted by atomic mass is 35.5. The summed E-state index contributed by atoms with van der Waals surface area (Å²) >= 11 is 12.1. The smallest absolute Gasteiger partial charge is 0.224 e. The van der Waals surface area contributed by atoms with Crippen molar-refractivity contribution in [1.29, 1.82) is 0 Å². The number of amides is 2. The number of benzene rings is 1. The summed E-state index contributed by atoms with van der Waals surface area (Å²) in [5.41, 5.74) is 0.533. The van der Waals surface area contributed by atoms with Crippen LogP contribution >= 0.6 is 23.2 Å². The van der Waals surface area contributed by atoms with Crippen LogP contribution in [-0.4, -0.2) is 36.9 Å². The van der Waals surface area contributed by atoms with E-state index >= 15 is 0 Å². The lowest BCUT2D eigenvalue weighted by Gasteiger charge is -2.24. The van der Waals surface area contributed by atoms with Crippen molar-refractivity contribution in [1.82, 2.24) is 4.90 Å². The predicted molar refractivity (Wildman–Crippen MR) is 91.7 cm³/mol. The van der Waals surface area contributed by atoms with Gasteiger partial charge in [-0.1, -0.05) is 36.5 Å². The van der Waals surface area contributed by atoms with Crippen LogP contribution in [0.5, 0.6) is 0 Å². The molecule has 1 aromatic rings. The maximum Gasteiger partial charge on any atom is 0.224 e. The maximum atomic E-state index is 12.1. The van der Waals surface area contributed by atoms with Crippen molar-refractivity contribution in [2.24, 2.45) is 0 Å². The molecule has 6 heteroatoms. The summed E-state index contributed by atoms with van der Waals surface area (Å²) in [6.45, 7) is 4.54. The zero-order valence-electron chi connectivity index (χ0n) is 13.2. The van der Waals surface area contributed by atoms with E-state index in [4.69, 9.17) is 23.2 Å². The van der Waals surface area contributed by atoms with E-state index < -0.39 is 0 Å². The molecule has 0 heterocycles. The minimum atomic E-state index is -0.173. The Kier molecular flexibility index (Phi) is 7.69. The van der Waals surface area contributed by atoms with Crippen LogP contribution in [0.15, 0.2) is 18.2 Å². The lowest BCUT2D eigenvalue weighted by molar-refractivity contribution is -0.129. The fourth-order valence-electron chi connectivity index (χ4n) is 2.06. The Labute approximate surface area is 142 Å². The van der Waals surface area contributed by atoms with Crippen molar-refractivity contribution in [2.45, 2.75) is 33.1 Å². The van der Waals surface area contributed by atoms with Crippen molar-refractivity contribution in [2.75, 3.05) is 25.0 Å². The topological polar surface area (TPSA) is 40.6 Å². The summed E-state index contributed by atoms with van der Waals surface area (Å²) < 4.78 is 0. The van der Waals surface area contributed by atoms with Crippen LogP contribution in [0.1, 0.15) is 33.1 Å². The average molecular weight is 345 g/mol. The summed E-state index contributed by atoms with van der Waals surface area (Å²) in [5.74, 6) is -0.161. The number of anilines is 1. The Morgan fingerprint density at radius 2 is 1.86 bits per heavy atom. The van der Waals surface area contributed by atoms with Crippen LogP contribution in [0, 0.1) is 0 Å².